The summed E-state index contributed by atoms with van der Waals surface area (Å²) >= 11 is 9.77. The van der Waals surface area contributed by atoms with Crippen molar-refractivity contribution in [1.82, 2.24) is 0 Å². The molecule has 2 aromatic carbocycles. The first kappa shape index (κ1) is 19.5. The molecule has 4 aliphatic rings. The fourth-order valence-corrected chi connectivity index (χ4v) is 7.06. The Bertz CT molecular complexity index is 1200. The van der Waals surface area contributed by atoms with Gasteiger partial charge in [-0.2, -0.15) is 0 Å². The van der Waals surface area contributed by atoms with Gasteiger partial charge in [-0.05, 0) is 42.8 Å². The molecule has 1 unspecified atom stereocenters. The van der Waals surface area contributed by atoms with Gasteiger partial charge in [0.05, 0.1) is 17.9 Å². The van der Waals surface area contributed by atoms with Crippen LogP contribution >= 0.6 is 27.5 Å². The molecule has 5 atom stereocenters. The molecule has 3 amide bonds. The number of hydrogen-bond donors (Lipinski definition) is 2. The zero-order valence-electron chi connectivity index (χ0n) is 16.7. The van der Waals surface area contributed by atoms with E-state index in [0.29, 0.717) is 16.4 Å². The van der Waals surface area contributed by atoms with Crippen molar-refractivity contribution in [3.63, 3.8) is 0 Å². The molecule has 6 rings (SSSR count). The number of anilines is 2. The first-order valence-electron chi connectivity index (χ1n) is 10.5. The predicted molar refractivity (Wildman–Crippen MR) is 119 cm³/mol. The minimum Gasteiger partial charge on any atom is -0.319 e. The number of carbonyl (C=O) groups excluding carboxylic acids is 3. The molecule has 4 heterocycles. The maximum Gasteiger partial charge on any atom is 0.291 e. The van der Waals surface area contributed by atoms with E-state index >= 15 is 0 Å². The number of halogens is 2. The molecule has 0 aliphatic carbocycles. The van der Waals surface area contributed by atoms with E-state index in [-0.39, 0.29) is 23.8 Å². The SMILES string of the molecule is Cc1c(Cl)ccc2c1NC(=O)[C@@]21[C@@H]2C(=O)N(c3cccc(Br)c3)C(=O)[C@@H]2[C@@H]2CCC[NH+]21. The van der Waals surface area contributed by atoms with E-state index < -0.39 is 17.4 Å². The first-order valence-corrected chi connectivity index (χ1v) is 11.6. The van der Waals surface area contributed by atoms with Crippen LogP contribution in [-0.4, -0.2) is 30.3 Å². The second-order valence-electron chi connectivity index (χ2n) is 8.88. The smallest absolute Gasteiger partial charge is 0.291 e. The van der Waals surface area contributed by atoms with Crippen molar-refractivity contribution in [3.05, 3.63) is 57.0 Å². The second kappa shape index (κ2) is 6.40. The number of quaternary nitrogens is 1. The molecular weight excluding hydrogens is 482 g/mol. The monoisotopic (exact) mass is 500 g/mol. The summed E-state index contributed by atoms with van der Waals surface area (Å²) in [6.07, 6.45) is 1.76. The van der Waals surface area contributed by atoms with E-state index in [0.717, 1.165) is 39.9 Å². The molecule has 31 heavy (non-hydrogen) atoms. The van der Waals surface area contributed by atoms with E-state index in [1.807, 2.05) is 19.1 Å². The third kappa shape index (κ3) is 2.24. The Morgan fingerprint density at radius 1 is 1.19 bits per heavy atom. The molecule has 2 aromatic rings. The van der Waals surface area contributed by atoms with E-state index in [4.69, 9.17) is 11.6 Å². The molecule has 158 valence electrons. The van der Waals surface area contributed by atoms with Crippen LogP contribution in [0.2, 0.25) is 5.02 Å². The van der Waals surface area contributed by atoms with E-state index in [1.165, 1.54) is 4.90 Å². The summed E-state index contributed by atoms with van der Waals surface area (Å²) in [4.78, 5) is 43.6. The molecule has 3 fully saturated rings. The van der Waals surface area contributed by atoms with Gasteiger partial charge >= 0.3 is 0 Å². The van der Waals surface area contributed by atoms with Crippen LogP contribution in [0.25, 0.3) is 0 Å². The molecule has 0 aromatic heterocycles. The van der Waals surface area contributed by atoms with Crippen LogP contribution in [0.5, 0.6) is 0 Å². The van der Waals surface area contributed by atoms with Gasteiger partial charge in [-0.3, -0.25) is 14.4 Å². The summed E-state index contributed by atoms with van der Waals surface area (Å²) in [6, 6.07) is 10.8. The molecule has 3 saturated heterocycles. The lowest BCUT2D eigenvalue weighted by Gasteiger charge is -2.33. The number of imide groups is 1. The quantitative estimate of drug-likeness (QED) is 0.590. The number of nitrogens with zero attached hydrogens (tertiary/aromatic N) is 1. The highest BCUT2D eigenvalue weighted by Gasteiger charge is 2.78. The van der Waals surface area contributed by atoms with Crippen molar-refractivity contribution in [3.8, 4) is 0 Å². The lowest BCUT2D eigenvalue weighted by Crippen LogP contribution is -3.19. The summed E-state index contributed by atoms with van der Waals surface area (Å²) in [7, 11) is 0. The van der Waals surface area contributed by atoms with Gasteiger partial charge in [0, 0.05) is 27.9 Å². The average molecular weight is 502 g/mol. The lowest BCUT2D eigenvalue weighted by atomic mass is 9.75. The number of carbonyl (C=O) groups is 3. The van der Waals surface area contributed by atoms with Gasteiger partial charge in [0.25, 0.3) is 5.91 Å². The Balaban J connectivity index is 1.57. The standard InChI is InChI=1S/C23H19BrClN3O3/c1-11-15(25)8-7-14-19(11)26-22(31)23(14)18-17(16-6-3-9-27(16)23)20(29)28(21(18)30)13-5-2-4-12(24)10-13/h2,4-5,7-8,10,16-18H,3,6,9H2,1H3,(H,26,31)/p+1/t16-,17+,18-,23-/m0/s1. The van der Waals surface area contributed by atoms with Crippen LogP contribution in [0, 0.1) is 18.8 Å². The van der Waals surface area contributed by atoms with Crippen molar-refractivity contribution in [2.45, 2.75) is 31.3 Å². The predicted octanol–water partition coefficient (Wildman–Crippen LogP) is 2.43. The van der Waals surface area contributed by atoms with Crippen molar-refractivity contribution in [2.75, 3.05) is 16.8 Å². The summed E-state index contributed by atoms with van der Waals surface area (Å²) in [5.74, 6) is -1.90. The number of benzene rings is 2. The fourth-order valence-electron chi connectivity index (χ4n) is 6.52. The van der Waals surface area contributed by atoms with Gasteiger partial charge in [0.15, 0.2) is 0 Å². The Labute approximate surface area is 192 Å². The Morgan fingerprint density at radius 3 is 2.77 bits per heavy atom. The highest BCUT2D eigenvalue weighted by atomic mass is 79.9. The van der Waals surface area contributed by atoms with Crippen molar-refractivity contribution >= 4 is 56.6 Å². The number of rotatable bonds is 1. The third-order valence-corrected chi connectivity index (χ3v) is 8.56. The molecule has 0 saturated carbocycles. The summed E-state index contributed by atoms with van der Waals surface area (Å²) in [5, 5.41) is 3.60. The topological polar surface area (TPSA) is 70.9 Å². The highest BCUT2D eigenvalue weighted by Crippen LogP contribution is 2.53. The normalized spacial score (nSPS) is 33.1. The number of amides is 3. The number of nitrogens with one attached hydrogen (secondary N) is 2. The van der Waals surface area contributed by atoms with E-state index in [9.17, 15) is 14.4 Å². The molecule has 4 aliphatic heterocycles. The van der Waals surface area contributed by atoms with E-state index in [1.54, 1.807) is 24.3 Å². The van der Waals surface area contributed by atoms with Gasteiger partial charge in [-0.25, -0.2) is 4.90 Å². The van der Waals surface area contributed by atoms with Crippen LogP contribution in [-0.2, 0) is 19.9 Å². The van der Waals surface area contributed by atoms with Gasteiger partial charge in [-0.15, -0.1) is 0 Å². The number of fused-ring (bicyclic) bond motifs is 7. The summed E-state index contributed by atoms with van der Waals surface area (Å²) < 4.78 is 0.791. The van der Waals surface area contributed by atoms with Gasteiger partial charge in [-0.1, -0.05) is 33.6 Å². The molecule has 0 radical (unpaired) electrons. The molecule has 1 spiro atoms. The molecule has 2 N–H and O–H groups in total. The average Bonchev–Trinajstić information content (AvgIpc) is 3.43. The minimum absolute atomic E-state index is 0.0497. The zero-order chi connectivity index (χ0) is 21.7. The van der Waals surface area contributed by atoms with Crippen LogP contribution < -0.4 is 15.1 Å². The summed E-state index contributed by atoms with van der Waals surface area (Å²) in [5.41, 5.74) is 1.73. The van der Waals surface area contributed by atoms with Crippen molar-refractivity contribution in [1.29, 1.82) is 0 Å². The molecule has 6 nitrogen and oxygen atoms in total. The van der Waals surface area contributed by atoms with E-state index in [2.05, 4.69) is 21.2 Å². The maximum absolute atomic E-state index is 13.9. The summed E-state index contributed by atoms with van der Waals surface area (Å²) in [6.45, 7) is 2.64. The Kier molecular flexibility index (Phi) is 4.02. The minimum atomic E-state index is -1.09. The van der Waals surface area contributed by atoms with Crippen LogP contribution in [0.3, 0.4) is 0 Å². The Hall–Kier alpha value is -2.22. The maximum atomic E-state index is 13.9. The Morgan fingerprint density at radius 2 is 2.00 bits per heavy atom. The van der Waals surface area contributed by atoms with Crippen molar-refractivity contribution < 1.29 is 19.3 Å². The number of hydrogen-bond acceptors (Lipinski definition) is 3. The fraction of sp³-hybridized carbons (Fsp3) is 0.348. The molecule has 0 bridgehead atoms. The second-order valence-corrected chi connectivity index (χ2v) is 10.2. The van der Waals surface area contributed by atoms with Gasteiger partial charge in [0.2, 0.25) is 17.4 Å². The van der Waals surface area contributed by atoms with Gasteiger partial charge < -0.3 is 10.2 Å². The lowest BCUT2D eigenvalue weighted by molar-refractivity contribution is -0.948. The highest BCUT2D eigenvalue weighted by molar-refractivity contribution is 9.10. The van der Waals surface area contributed by atoms with Crippen LogP contribution in [0.15, 0.2) is 40.9 Å². The third-order valence-electron chi connectivity index (χ3n) is 7.65. The van der Waals surface area contributed by atoms with Gasteiger partial charge in [0.1, 0.15) is 17.9 Å². The first-order chi connectivity index (χ1) is 14.9. The van der Waals surface area contributed by atoms with Crippen LogP contribution in [0.1, 0.15) is 24.0 Å². The van der Waals surface area contributed by atoms with Crippen molar-refractivity contribution in [2.24, 2.45) is 11.8 Å². The molecular formula is C23H20BrClN3O3+. The largest absolute Gasteiger partial charge is 0.319 e. The molecule has 8 heteroatoms. The zero-order valence-corrected chi connectivity index (χ0v) is 19.1. The van der Waals surface area contributed by atoms with Crippen LogP contribution in [0.4, 0.5) is 11.4 Å².